The molecule has 1 aromatic carbocycles. The third kappa shape index (κ3) is 4.57. The SMILES string of the molecule is CCc1nc2ccccc2c(=O)n1CC1(O)CCN(CC(=O)NC2CCCC2)CC1. The maximum atomic E-state index is 13.0. The van der Waals surface area contributed by atoms with Gasteiger partial charge in [-0.3, -0.25) is 19.1 Å². The molecule has 0 spiro atoms. The number of carbonyl (C=O) groups is 1. The van der Waals surface area contributed by atoms with Crippen molar-refractivity contribution in [3.05, 3.63) is 40.4 Å². The van der Waals surface area contributed by atoms with E-state index in [2.05, 4.69) is 15.2 Å². The molecule has 4 rings (SSSR count). The first kappa shape index (κ1) is 21.0. The minimum absolute atomic E-state index is 0.0792. The Morgan fingerprint density at radius 3 is 2.63 bits per heavy atom. The molecule has 0 radical (unpaired) electrons. The fraction of sp³-hybridized carbons (Fsp3) is 0.609. The first-order chi connectivity index (χ1) is 14.5. The fourth-order valence-electron chi connectivity index (χ4n) is 4.77. The number of amides is 1. The molecule has 1 aromatic heterocycles. The van der Waals surface area contributed by atoms with E-state index in [4.69, 9.17) is 0 Å². The van der Waals surface area contributed by atoms with Crippen LogP contribution in [0.5, 0.6) is 0 Å². The van der Waals surface area contributed by atoms with Crippen molar-refractivity contribution in [2.45, 2.75) is 70.1 Å². The van der Waals surface area contributed by atoms with Gasteiger partial charge in [0.05, 0.1) is 29.6 Å². The van der Waals surface area contributed by atoms with E-state index >= 15 is 0 Å². The van der Waals surface area contributed by atoms with Gasteiger partial charge in [-0.05, 0) is 37.8 Å². The van der Waals surface area contributed by atoms with Gasteiger partial charge in [0.2, 0.25) is 5.91 Å². The summed E-state index contributed by atoms with van der Waals surface area (Å²) in [6, 6.07) is 7.69. The van der Waals surface area contributed by atoms with Crippen molar-refractivity contribution in [3.8, 4) is 0 Å². The lowest BCUT2D eigenvalue weighted by Gasteiger charge is -2.38. The maximum absolute atomic E-state index is 13.0. The molecule has 7 heteroatoms. The number of nitrogens with zero attached hydrogens (tertiary/aromatic N) is 3. The highest BCUT2D eigenvalue weighted by molar-refractivity contribution is 5.78. The average molecular weight is 413 g/mol. The van der Waals surface area contributed by atoms with E-state index in [0.717, 1.165) is 12.8 Å². The highest BCUT2D eigenvalue weighted by Gasteiger charge is 2.34. The molecule has 1 saturated heterocycles. The Labute approximate surface area is 177 Å². The van der Waals surface area contributed by atoms with Gasteiger partial charge in [0.15, 0.2) is 0 Å². The van der Waals surface area contributed by atoms with Crippen LogP contribution in [-0.4, -0.2) is 56.7 Å². The first-order valence-electron chi connectivity index (χ1n) is 11.2. The number of para-hydroxylation sites is 1. The van der Waals surface area contributed by atoms with Crippen molar-refractivity contribution < 1.29 is 9.90 Å². The quantitative estimate of drug-likeness (QED) is 0.756. The number of rotatable bonds is 6. The number of hydrogen-bond acceptors (Lipinski definition) is 5. The van der Waals surface area contributed by atoms with Crippen LogP contribution in [0, 0.1) is 0 Å². The van der Waals surface area contributed by atoms with Crippen LogP contribution in [-0.2, 0) is 17.8 Å². The highest BCUT2D eigenvalue weighted by Crippen LogP contribution is 2.25. The number of aromatic nitrogens is 2. The predicted molar refractivity (Wildman–Crippen MR) is 116 cm³/mol. The molecule has 30 heavy (non-hydrogen) atoms. The highest BCUT2D eigenvalue weighted by atomic mass is 16.3. The summed E-state index contributed by atoms with van der Waals surface area (Å²) in [4.78, 5) is 32.1. The summed E-state index contributed by atoms with van der Waals surface area (Å²) in [7, 11) is 0. The summed E-state index contributed by atoms with van der Waals surface area (Å²) >= 11 is 0. The van der Waals surface area contributed by atoms with Crippen LogP contribution < -0.4 is 10.9 Å². The fourth-order valence-corrected chi connectivity index (χ4v) is 4.77. The molecule has 0 atom stereocenters. The minimum atomic E-state index is -0.962. The molecule has 1 amide bonds. The molecule has 2 fully saturated rings. The number of likely N-dealkylation sites (tertiary alicyclic amines) is 1. The molecular formula is C23H32N4O3. The van der Waals surface area contributed by atoms with Gasteiger partial charge < -0.3 is 10.4 Å². The van der Waals surface area contributed by atoms with Gasteiger partial charge in [-0.25, -0.2) is 4.98 Å². The summed E-state index contributed by atoms with van der Waals surface area (Å²) in [6.45, 7) is 3.89. The standard InChI is InChI=1S/C23H32N4O3/c1-2-20-25-19-10-6-5-9-18(19)22(29)27(20)16-23(30)11-13-26(14-12-23)15-21(28)24-17-7-3-4-8-17/h5-6,9-10,17,30H,2-4,7-8,11-16H2,1H3,(H,24,28). The number of fused-ring (bicyclic) bond motifs is 1. The topological polar surface area (TPSA) is 87.5 Å². The Bertz CT molecular complexity index is 957. The van der Waals surface area contributed by atoms with E-state index in [9.17, 15) is 14.7 Å². The molecule has 7 nitrogen and oxygen atoms in total. The summed E-state index contributed by atoms with van der Waals surface area (Å²) in [5.74, 6) is 0.779. The second-order valence-electron chi connectivity index (χ2n) is 8.84. The summed E-state index contributed by atoms with van der Waals surface area (Å²) in [5, 5.41) is 14.9. The Morgan fingerprint density at radius 2 is 1.93 bits per heavy atom. The van der Waals surface area contributed by atoms with Crippen LogP contribution in [0.4, 0.5) is 0 Å². The zero-order chi connectivity index (χ0) is 21.1. The maximum Gasteiger partial charge on any atom is 0.261 e. The molecule has 0 unspecified atom stereocenters. The van der Waals surface area contributed by atoms with Crippen molar-refractivity contribution in [3.63, 3.8) is 0 Å². The van der Waals surface area contributed by atoms with Gasteiger partial charge in [0.1, 0.15) is 5.82 Å². The predicted octanol–water partition coefficient (Wildman–Crippen LogP) is 1.84. The van der Waals surface area contributed by atoms with E-state index in [0.29, 0.717) is 61.7 Å². The van der Waals surface area contributed by atoms with Crippen molar-refractivity contribution in [2.75, 3.05) is 19.6 Å². The van der Waals surface area contributed by atoms with Crippen LogP contribution in [0.3, 0.4) is 0 Å². The number of aliphatic hydroxyl groups is 1. The molecule has 2 N–H and O–H groups in total. The number of nitrogens with one attached hydrogen (secondary N) is 1. The smallest absolute Gasteiger partial charge is 0.261 e. The molecule has 2 aliphatic rings. The Balaban J connectivity index is 1.40. The van der Waals surface area contributed by atoms with Crippen LogP contribution in [0.2, 0.25) is 0 Å². The third-order valence-electron chi connectivity index (χ3n) is 6.58. The number of benzene rings is 1. The summed E-state index contributed by atoms with van der Waals surface area (Å²) in [5.41, 5.74) is -0.356. The molecule has 0 bridgehead atoms. The van der Waals surface area contributed by atoms with E-state index in [1.807, 2.05) is 25.1 Å². The van der Waals surface area contributed by atoms with E-state index < -0.39 is 5.60 Å². The molecule has 1 aliphatic heterocycles. The number of carbonyl (C=O) groups excluding carboxylic acids is 1. The molecule has 2 heterocycles. The lowest BCUT2D eigenvalue weighted by molar-refractivity contribution is -0.124. The molecule has 1 saturated carbocycles. The van der Waals surface area contributed by atoms with Gasteiger partial charge in [0.25, 0.3) is 5.56 Å². The van der Waals surface area contributed by atoms with Crippen LogP contribution in [0.1, 0.15) is 51.3 Å². The monoisotopic (exact) mass is 412 g/mol. The Hall–Kier alpha value is -2.25. The molecule has 1 aliphatic carbocycles. The normalized spacial score (nSPS) is 19.9. The van der Waals surface area contributed by atoms with Gasteiger partial charge in [-0.15, -0.1) is 0 Å². The van der Waals surface area contributed by atoms with Crippen molar-refractivity contribution in [1.82, 2.24) is 19.8 Å². The van der Waals surface area contributed by atoms with Crippen molar-refractivity contribution in [1.29, 1.82) is 0 Å². The number of hydrogen-bond donors (Lipinski definition) is 2. The van der Waals surface area contributed by atoms with Crippen LogP contribution >= 0.6 is 0 Å². The van der Waals surface area contributed by atoms with Crippen molar-refractivity contribution in [2.24, 2.45) is 0 Å². The second kappa shape index (κ2) is 8.86. The van der Waals surface area contributed by atoms with Gasteiger partial charge in [-0.1, -0.05) is 31.9 Å². The first-order valence-corrected chi connectivity index (χ1v) is 11.2. The molecule has 162 valence electrons. The van der Waals surface area contributed by atoms with Crippen LogP contribution in [0.15, 0.2) is 29.1 Å². The van der Waals surface area contributed by atoms with E-state index in [1.165, 1.54) is 12.8 Å². The van der Waals surface area contributed by atoms with Gasteiger partial charge >= 0.3 is 0 Å². The van der Waals surface area contributed by atoms with E-state index in [1.54, 1.807) is 10.6 Å². The number of piperidine rings is 1. The Kier molecular flexibility index (Phi) is 6.20. The lowest BCUT2D eigenvalue weighted by Crippen LogP contribution is -2.51. The van der Waals surface area contributed by atoms with Gasteiger partial charge in [0, 0.05) is 25.6 Å². The zero-order valence-corrected chi connectivity index (χ0v) is 17.8. The largest absolute Gasteiger partial charge is 0.388 e. The molecular weight excluding hydrogens is 380 g/mol. The van der Waals surface area contributed by atoms with E-state index in [-0.39, 0.29) is 18.0 Å². The summed E-state index contributed by atoms with van der Waals surface area (Å²) < 4.78 is 1.64. The number of aryl methyl sites for hydroxylation is 1. The van der Waals surface area contributed by atoms with Gasteiger partial charge in [-0.2, -0.15) is 0 Å². The summed E-state index contributed by atoms with van der Waals surface area (Å²) in [6.07, 6.45) is 6.26. The zero-order valence-electron chi connectivity index (χ0n) is 17.8. The van der Waals surface area contributed by atoms with Crippen LogP contribution in [0.25, 0.3) is 10.9 Å². The lowest BCUT2D eigenvalue weighted by atomic mass is 9.91. The minimum Gasteiger partial charge on any atom is -0.388 e. The third-order valence-corrected chi connectivity index (χ3v) is 6.58. The average Bonchev–Trinajstić information content (AvgIpc) is 3.25. The molecule has 2 aromatic rings. The Morgan fingerprint density at radius 1 is 1.23 bits per heavy atom. The van der Waals surface area contributed by atoms with Crippen molar-refractivity contribution >= 4 is 16.8 Å². The second-order valence-corrected chi connectivity index (χ2v) is 8.84.